The quantitative estimate of drug-likeness (QED) is 0.0261. The molecule has 1 aromatic carbocycles. The number of amides is 4. The van der Waals surface area contributed by atoms with E-state index < -0.39 is 205 Å². The minimum Gasteiger partial charge on any atom is -0.456 e. The fourth-order valence-corrected chi connectivity index (χ4v) is 20.4. The molecular formula is C96H146N4O28. The SMILES string of the molecule is CO[C@H]1C[C@@H](C)C/C(C)=C/[C@@H](CCOC(=O)NCc2ccc(CNC(=O)OCC[C@@H]3/C=C(\C)C[C@H](C)C[C@H](OC)[C@H]4O[C@@](O)(C(=O)C(=O)N5CCCC[C@H]5C(=O)OC(/C(C)=C/C5CC[C@@H](O)[C@H](OC)C5)[C@H](C)[C@@H](O)CC3=O)[C@H](C)C[C@@H]4OC)cc2)C(=O)C[C@H](O)[C@@H](C)C(/C(C)=C/C2CC[C@@H](O)[C@H](OC)C2)OC(=O)[C@@H]2CCCCN2C(=O)C(=O)[C@]2(O)O[C@H]1[C@@H](OC)C[C@H]2C. The monoisotopic (exact) mass is 1800 g/mol. The highest BCUT2D eigenvalue weighted by Crippen LogP contribution is 2.43. The molecule has 2 aliphatic carbocycles. The fourth-order valence-electron chi connectivity index (χ4n) is 20.4. The molecule has 32 heteroatoms. The summed E-state index contributed by atoms with van der Waals surface area (Å²) < 4.78 is 72.0. The number of hydrogen-bond acceptors (Lipinski definition) is 28. The van der Waals surface area contributed by atoms with E-state index in [0.29, 0.717) is 112 Å². The zero-order chi connectivity index (χ0) is 93.8. The topological polar surface area (TPSA) is 433 Å². The molecular weight excluding hydrogens is 1660 g/mol. The van der Waals surface area contributed by atoms with Crippen LogP contribution in [0.15, 0.2) is 70.9 Å². The van der Waals surface area contributed by atoms with E-state index in [0.717, 1.165) is 20.9 Å². The van der Waals surface area contributed by atoms with Crippen molar-refractivity contribution in [1.29, 1.82) is 0 Å². The predicted molar refractivity (Wildman–Crippen MR) is 468 cm³/mol. The molecule has 9 rings (SSSR count). The summed E-state index contributed by atoms with van der Waals surface area (Å²) in [4.78, 5) is 147. The number of fused-ring (bicyclic) bond motifs is 6. The van der Waals surface area contributed by atoms with Crippen LogP contribution >= 0.6 is 0 Å². The van der Waals surface area contributed by atoms with Crippen molar-refractivity contribution in [3.8, 4) is 0 Å². The molecule has 4 saturated heterocycles. The number of rotatable bonds is 20. The number of aliphatic hydroxyl groups excluding tert-OH is 4. The number of nitrogens with one attached hydrogen (secondary N) is 2. The lowest BCUT2D eigenvalue weighted by atomic mass is 9.81. The van der Waals surface area contributed by atoms with Gasteiger partial charge in [0, 0.05) is 117 Å². The Morgan fingerprint density at radius 1 is 0.461 bits per heavy atom. The number of alkyl carbamates (subject to hydrolysis) is 2. The molecule has 6 fully saturated rings. The van der Waals surface area contributed by atoms with Gasteiger partial charge in [-0.2, -0.15) is 0 Å². The van der Waals surface area contributed by atoms with Gasteiger partial charge >= 0.3 is 24.1 Å². The van der Waals surface area contributed by atoms with E-state index in [4.69, 9.17) is 56.8 Å². The molecule has 6 aliphatic heterocycles. The van der Waals surface area contributed by atoms with Gasteiger partial charge in [-0.25, -0.2) is 19.2 Å². The van der Waals surface area contributed by atoms with E-state index in [2.05, 4.69) is 10.6 Å². The van der Waals surface area contributed by atoms with E-state index in [1.807, 2.05) is 39.8 Å². The highest BCUT2D eigenvalue weighted by Gasteiger charge is 2.59. The number of benzene rings is 1. The van der Waals surface area contributed by atoms with Crippen LogP contribution in [0.2, 0.25) is 0 Å². The molecule has 8 N–H and O–H groups in total. The third kappa shape index (κ3) is 27.0. The van der Waals surface area contributed by atoms with Crippen LogP contribution in [0.4, 0.5) is 9.59 Å². The minimum absolute atomic E-state index is 0.00138. The molecule has 4 bridgehead atoms. The van der Waals surface area contributed by atoms with Gasteiger partial charge in [0.1, 0.15) is 48.1 Å². The van der Waals surface area contributed by atoms with Crippen LogP contribution in [0.1, 0.15) is 222 Å². The molecule has 1 aromatic rings. The van der Waals surface area contributed by atoms with Crippen LogP contribution in [0.5, 0.6) is 0 Å². The zero-order valence-electron chi connectivity index (χ0n) is 78.0. The first-order valence-corrected chi connectivity index (χ1v) is 46.3. The maximum Gasteiger partial charge on any atom is 0.407 e. The number of piperidine rings is 2. The molecule has 2 saturated carbocycles. The third-order valence-corrected chi connectivity index (χ3v) is 28.1. The molecule has 4 unspecified atom stereocenters. The molecule has 32 nitrogen and oxygen atoms in total. The lowest BCUT2D eigenvalue weighted by Gasteiger charge is -2.47. The molecule has 28 atom stereocenters. The van der Waals surface area contributed by atoms with Gasteiger partial charge in [0.15, 0.2) is 0 Å². The summed E-state index contributed by atoms with van der Waals surface area (Å²) in [5, 5.41) is 76.1. The standard InChI is InChI=1S/C96H146N4O28/c1-53-37-55(3)41-79(119-13)85-81(121-15)45-59(7)95(115,127-85)87(107)89(109)99-33-19-17-21-69(99)91(111)125-83(57(5)43-65-27-29-71(101)77(47-65)117-11)61(9)73(103)49-75(105)67(39-53)31-35-123-93(113)97-51-63-23-25-64(26-24-63)52-98-94(114)124-36-32-68-40-54(2)38-56(4)42-80(120-14)86-82(122-16)46-60(8)96(116,128-86)88(108)90(110)100-34-20-18-22-70(100)92(112)126-84(62(10)74(104)50-76(68)106)58(6)44-66-28-30-72(102)78(48-66)118-12/h23-26,39-40,43-44,55-56,59-62,65-74,77-86,101-104,115-116H,17-22,27-38,41-42,45-52H2,1-16H3,(H,97,113)(H,98,114)/b53-39+,54-40+,57-43+,58-44+/t55-,56-,59+,60+,61+,62+,65?,66?,67+,68+,69-,70-,71+,72+,73-,74-,77+,78+,79-,80-,81-,82-,83?,84?,85+,86+,95+,96+/m0/s1. The number of carbonyl (C=O) groups is 10. The number of aliphatic hydroxyl groups is 6. The van der Waals surface area contributed by atoms with Gasteiger partial charge in [0.2, 0.25) is 11.6 Å². The Morgan fingerprint density at radius 2 is 0.805 bits per heavy atom. The number of ketones is 4. The number of esters is 2. The number of hydrogen-bond donors (Lipinski definition) is 8. The summed E-state index contributed by atoms with van der Waals surface area (Å²) >= 11 is 0. The maximum atomic E-state index is 14.9. The number of allylic oxidation sites excluding steroid dienone is 6. The first-order valence-electron chi connectivity index (χ1n) is 46.3. The Balaban J connectivity index is 0.860. The van der Waals surface area contributed by atoms with E-state index in [-0.39, 0.29) is 113 Å². The molecule has 6 heterocycles. The Morgan fingerprint density at radius 3 is 1.15 bits per heavy atom. The zero-order valence-corrected chi connectivity index (χ0v) is 78.0. The molecule has 0 spiro atoms. The maximum absolute atomic E-state index is 14.9. The number of methoxy groups -OCH3 is 6. The first-order chi connectivity index (χ1) is 60.8. The van der Waals surface area contributed by atoms with Crippen LogP contribution in [-0.4, -0.2) is 278 Å². The second-order valence-corrected chi connectivity index (χ2v) is 37.9. The smallest absolute Gasteiger partial charge is 0.407 e. The Labute approximate surface area is 754 Å². The van der Waals surface area contributed by atoms with E-state index >= 15 is 0 Å². The Bertz CT molecular complexity index is 3790. The van der Waals surface area contributed by atoms with Gasteiger partial charge in [-0.05, 0) is 202 Å². The number of Topliss-reactive ketones (excluding diaryl/α,β-unsaturated/α-hetero) is 4. The van der Waals surface area contributed by atoms with Gasteiger partial charge in [0.05, 0.1) is 74.3 Å². The second-order valence-electron chi connectivity index (χ2n) is 37.9. The van der Waals surface area contributed by atoms with Crippen molar-refractivity contribution in [2.24, 2.45) is 59.2 Å². The summed E-state index contributed by atoms with van der Waals surface area (Å²) in [6.07, 6.45) is -0.410. The average molecular weight is 1800 g/mol. The second kappa shape index (κ2) is 48.4. The van der Waals surface area contributed by atoms with E-state index in [1.165, 1.54) is 42.7 Å². The summed E-state index contributed by atoms with van der Waals surface area (Å²) in [5.74, 6) is -18.5. The van der Waals surface area contributed by atoms with Gasteiger partial charge in [-0.1, -0.05) is 101 Å². The van der Waals surface area contributed by atoms with E-state index in [9.17, 15) is 78.6 Å². The van der Waals surface area contributed by atoms with Gasteiger partial charge in [0.25, 0.3) is 23.4 Å². The van der Waals surface area contributed by atoms with Gasteiger partial charge < -0.3 is 108 Å². The van der Waals surface area contributed by atoms with Crippen LogP contribution in [0.3, 0.4) is 0 Å². The van der Waals surface area contributed by atoms with Crippen LogP contribution in [0.25, 0.3) is 0 Å². The minimum atomic E-state index is -2.63. The van der Waals surface area contributed by atoms with E-state index in [1.54, 1.807) is 78.0 Å². The van der Waals surface area contributed by atoms with Crippen LogP contribution < -0.4 is 10.6 Å². The fraction of sp³-hybridized carbons (Fsp3) is 0.750. The van der Waals surface area contributed by atoms with Crippen molar-refractivity contribution in [2.75, 3.05) is 69.0 Å². The molecule has 8 aliphatic rings. The normalized spacial score (nSPS) is 37.8. The predicted octanol–water partition coefficient (Wildman–Crippen LogP) is 9.07. The molecule has 4 amide bonds. The number of carbonyl (C=O) groups excluding carboxylic acids is 10. The molecule has 0 aromatic heterocycles. The van der Waals surface area contributed by atoms with Crippen LogP contribution in [0, 0.1) is 59.2 Å². The van der Waals surface area contributed by atoms with Gasteiger partial charge in [-0.3, -0.25) is 28.8 Å². The van der Waals surface area contributed by atoms with Gasteiger partial charge in [-0.15, -0.1) is 0 Å². The molecule has 128 heavy (non-hydrogen) atoms. The molecule has 0 radical (unpaired) electrons. The van der Waals surface area contributed by atoms with Crippen molar-refractivity contribution in [3.05, 3.63) is 82.0 Å². The molecule has 718 valence electrons. The van der Waals surface area contributed by atoms with Crippen molar-refractivity contribution in [3.63, 3.8) is 0 Å². The largest absolute Gasteiger partial charge is 0.456 e. The number of nitrogens with zero attached hydrogens (tertiary/aromatic N) is 2. The Kier molecular flexibility index (Phi) is 39.5. The first kappa shape index (κ1) is 104. The summed E-state index contributed by atoms with van der Waals surface area (Å²) in [6, 6.07) is 4.49. The lowest BCUT2D eigenvalue weighted by Crippen LogP contribution is -2.64. The number of cyclic esters (lactones) is 2. The Hall–Kier alpha value is -7.28. The van der Waals surface area contributed by atoms with Crippen molar-refractivity contribution in [2.45, 2.75) is 333 Å². The highest BCUT2D eigenvalue weighted by atomic mass is 16.7. The summed E-state index contributed by atoms with van der Waals surface area (Å²) in [7, 11) is 8.97. The highest BCUT2D eigenvalue weighted by molar-refractivity contribution is 6.39. The number of ether oxygens (including phenoxy) is 12. The summed E-state index contributed by atoms with van der Waals surface area (Å²) in [6.45, 7) is 17.3. The average Bonchev–Trinajstić information content (AvgIpc) is 0.776. The third-order valence-electron chi connectivity index (χ3n) is 28.1. The van der Waals surface area contributed by atoms with Crippen molar-refractivity contribution < 1.29 is 135 Å². The van der Waals surface area contributed by atoms with Crippen molar-refractivity contribution >= 4 is 59.1 Å². The lowest BCUT2D eigenvalue weighted by molar-refractivity contribution is -0.302. The summed E-state index contributed by atoms with van der Waals surface area (Å²) in [5.41, 5.74) is 4.00. The van der Waals surface area contributed by atoms with Crippen molar-refractivity contribution in [1.82, 2.24) is 20.4 Å². The van der Waals surface area contributed by atoms with Crippen LogP contribution in [-0.2, 0) is 108 Å².